The van der Waals surface area contributed by atoms with Gasteiger partial charge in [-0.25, -0.2) is 13.6 Å². The Kier molecular flexibility index (Phi) is 5.02. The number of anilines is 2. The molecule has 0 radical (unpaired) electrons. The summed E-state index contributed by atoms with van der Waals surface area (Å²) in [5.41, 5.74) is 0.546. The van der Waals surface area contributed by atoms with E-state index < -0.39 is 23.4 Å². The highest BCUT2D eigenvalue weighted by Crippen LogP contribution is 2.28. The molecule has 1 aliphatic heterocycles. The van der Waals surface area contributed by atoms with Crippen molar-refractivity contribution in [2.24, 2.45) is 0 Å². The molecule has 3 rings (SSSR count). The minimum absolute atomic E-state index is 0.417. The van der Waals surface area contributed by atoms with Gasteiger partial charge in [-0.2, -0.15) is 0 Å². The topological polar surface area (TPSA) is 44.8 Å². The molecule has 0 spiro atoms. The molecule has 1 fully saturated rings. The molecule has 0 unspecified atom stereocenters. The van der Waals surface area contributed by atoms with Crippen LogP contribution in [0.2, 0.25) is 0 Å². The maximum Gasteiger partial charge on any atom is 0.322 e. The molecule has 5 nitrogen and oxygen atoms in total. The highest BCUT2D eigenvalue weighted by Gasteiger charge is 2.24. The number of rotatable bonds is 3. The van der Waals surface area contributed by atoms with Gasteiger partial charge in [0.15, 0.2) is 0 Å². The lowest BCUT2D eigenvalue weighted by molar-refractivity contribution is 0.208. The van der Waals surface area contributed by atoms with E-state index in [-0.39, 0.29) is 0 Å². The van der Waals surface area contributed by atoms with Crippen molar-refractivity contribution in [1.29, 1.82) is 0 Å². The third-order valence-corrected chi connectivity index (χ3v) is 4.19. The normalized spacial score (nSPS) is 14.4. The number of hydrogen-bond donors (Lipinski definition) is 1. The molecule has 1 aliphatic rings. The molecule has 2 aromatic rings. The van der Waals surface area contributed by atoms with Gasteiger partial charge in [-0.3, -0.25) is 0 Å². The molecule has 2 aromatic carbocycles. The number of amides is 2. The van der Waals surface area contributed by atoms with Gasteiger partial charge in [0.05, 0.1) is 12.8 Å². The van der Waals surface area contributed by atoms with Crippen molar-refractivity contribution in [2.45, 2.75) is 0 Å². The van der Waals surface area contributed by atoms with Gasteiger partial charge in [-0.15, -0.1) is 0 Å². The summed E-state index contributed by atoms with van der Waals surface area (Å²) < 4.78 is 32.7. The second kappa shape index (κ2) is 7.38. The summed E-state index contributed by atoms with van der Waals surface area (Å²) in [6.45, 7) is 2.10. The number of methoxy groups -OCH3 is 1. The zero-order valence-corrected chi connectivity index (χ0v) is 13.8. The second-order valence-electron chi connectivity index (χ2n) is 5.67. The first-order valence-electron chi connectivity index (χ1n) is 7.98. The van der Waals surface area contributed by atoms with Crippen LogP contribution in [0.4, 0.5) is 25.0 Å². The minimum atomic E-state index is -0.791. The van der Waals surface area contributed by atoms with Crippen molar-refractivity contribution in [2.75, 3.05) is 43.5 Å². The number of ether oxygens (including phenoxy) is 1. The molecule has 0 atom stereocenters. The Labute approximate surface area is 144 Å². The molecular formula is C18H19F2N3O2. The number of urea groups is 1. The number of halogens is 2. The van der Waals surface area contributed by atoms with Crippen LogP contribution in [-0.4, -0.2) is 44.2 Å². The van der Waals surface area contributed by atoms with Crippen LogP contribution < -0.4 is 15.0 Å². The van der Waals surface area contributed by atoms with Crippen molar-refractivity contribution < 1.29 is 18.3 Å². The summed E-state index contributed by atoms with van der Waals surface area (Å²) in [7, 11) is 1.62. The summed E-state index contributed by atoms with van der Waals surface area (Å²) in [6, 6.07) is 10.6. The van der Waals surface area contributed by atoms with E-state index in [1.807, 2.05) is 24.3 Å². The van der Waals surface area contributed by atoms with Crippen LogP contribution in [0.3, 0.4) is 0 Å². The number of benzene rings is 2. The van der Waals surface area contributed by atoms with Crippen molar-refractivity contribution in [3.63, 3.8) is 0 Å². The third kappa shape index (κ3) is 3.65. The minimum Gasteiger partial charge on any atom is -0.495 e. The Hall–Kier alpha value is -2.83. The summed E-state index contributed by atoms with van der Waals surface area (Å²) in [4.78, 5) is 15.9. The predicted molar refractivity (Wildman–Crippen MR) is 92.2 cm³/mol. The number of para-hydroxylation sites is 3. The number of carbonyl (C=O) groups is 1. The first-order valence-corrected chi connectivity index (χ1v) is 7.98. The zero-order valence-electron chi connectivity index (χ0n) is 13.8. The first kappa shape index (κ1) is 17.0. The molecule has 0 saturated carbocycles. The van der Waals surface area contributed by atoms with Gasteiger partial charge >= 0.3 is 6.03 Å². The van der Waals surface area contributed by atoms with Crippen LogP contribution >= 0.6 is 0 Å². The molecular weight excluding hydrogens is 328 g/mol. The lowest BCUT2D eigenvalue weighted by Crippen LogP contribution is -2.50. The molecule has 0 bridgehead atoms. The highest BCUT2D eigenvalue weighted by molar-refractivity contribution is 5.89. The van der Waals surface area contributed by atoms with Crippen molar-refractivity contribution in [3.05, 3.63) is 54.1 Å². The van der Waals surface area contributed by atoms with Crippen molar-refractivity contribution in [1.82, 2.24) is 4.90 Å². The van der Waals surface area contributed by atoms with Gasteiger partial charge in [0, 0.05) is 26.2 Å². The quantitative estimate of drug-likeness (QED) is 0.926. The maximum atomic E-state index is 13.6. The standard InChI is InChI=1S/C18H19F2N3O2/c1-25-16-8-3-2-7-15(16)22-9-11-23(12-10-22)18(24)21-17-13(19)5-4-6-14(17)20/h2-8H,9-12H2,1H3,(H,21,24). The Morgan fingerprint density at radius 3 is 2.28 bits per heavy atom. The smallest absolute Gasteiger partial charge is 0.322 e. The lowest BCUT2D eigenvalue weighted by atomic mass is 10.2. The van der Waals surface area contributed by atoms with E-state index in [1.54, 1.807) is 7.11 Å². The molecule has 1 heterocycles. The average molecular weight is 347 g/mol. The number of nitrogens with zero attached hydrogens (tertiary/aromatic N) is 2. The molecule has 2 amide bonds. The van der Waals surface area contributed by atoms with Crippen LogP contribution in [0.5, 0.6) is 5.75 Å². The predicted octanol–water partition coefficient (Wildman–Crippen LogP) is 3.33. The molecule has 1 saturated heterocycles. The molecule has 0 aliphatic carbocycles. The third-order valence-electron chi connectivity index (χ3n) is 4.19. The van der Waals surface area contributed by atoms with Crippen molar-refractivity contribution >= 4 is 17.4 Å². The first-order chi connectivity index (χ1) is 12.1. The SMILES string of the molecule is COc1ccccc1N1CCN(C(=O)Nc2c(F)cccc2F)CC1. The van der Waals surface area contributed by atoms with Gasteiger partial charge in [-0.05, 0) is 24.3 Å². The van der Waals surface area contributed by atoms with Crippen LogP contribution in [0.1, 0.15) is 0 Å². The fourth-order valence-electron chi connectivity index (χ4n) is 2.84. The summed E-state index contributed by atoms with van der Waals surface area (Å²) in [5, 5.41) is 2.32. The second-order valence-corrected chi connectivity index (χ2v) is 5.67. The highest BCUT2D eigenvalue weighted by atomic mass is 19.1. The maximum absolute atomic E-state index is 13.6. The largest absolute Gasteiger partial charge is 0.495 e. The van der Waals surface area contributed by atoms with Crippen molar-refractivity contribution in [3.8, 4) is 5.75 Å². The lowest BCUT2D eigenvalue weighted by Gasteiger charge is -2.36. The summed E-state index contributed by atoms with van der Waals surface area (Å²) >= 11 is 0. The zero-order chi connectivity index (χ0) is 17.8. The number of hydrogen-bond acceptors (Lipinski definition) is 3. The average Bonchev–Trinajstić information content (AvgIpc) is 2.65. The van der Waals surface area contributed by atoms with Gasteiger partial charge in [0.25, 0.3) is 0 Å². The summed E-state index contributed by atoms with van der Waals surface area (Å²) in [5.74, 6) is -0.809. The monoisotopic (exact) mass is 347 g/mol. The van der Waals surface area contributed by atoms with Crippen LogP contribution in [0.25, 0.3) is 0 Å². The van der Waals surface area contributed by atoms with Crippen LogP contribution in [-0.2, 0) is 0 Å². The van der Waals surface area contributed by atoms with E-state index in [0.717, 1.165) is 23.6 Å². The Morgan fingerprint density at radius 2 is 1.64 bits per heavy atom. The number of nitrogens with one attached hydrogen (secondary N) is 1. The van der Waals surface area contributed by atoms with E-state index in [1.165, 1.54) is 11.0 Å². The Bertz CT molecular complexity index is 741. The van der Waals surface area contributed by atoms with Crippen LogP contribution in [0, 0.1) is 11.6 Å². The van der Waals surface area contributed by atoms with Crippen LogP contribution in [0.15, 0.2) is 42.5 Å². The van der Waals surface area contributed by atoms with E-state index in [2.05, 4.69) is 10.2 Å². The van der Waals surface area contributed by atoms with Gasteiger partial charge in [0.1, 0.15) is 23.1 Å². The fraction of sp³-hybridized carbons (Fsp3) is 0.278. The Balaban J connectivity index is 1.63. The van der Waals surface area contributed by atoms with Gasteiger partial charge in [0.2, 0.25) is 0 Å². The van der Waals surface area contributed by atoms with E-state index in [0.29, 0.717) is 26.2 Å². The summed E-state index contributed by atoms with van der Waals surface area (Å²) in [6.07, 6.45) is 0. The Morgan fingerprint density at radius 1 is 1.00 bits per heavy atom. The van der Waals surface area contributed by atoms with E-state index in [4.69, 9.17) is 4.74 Å². The fourth-order valence-corrected chi connectivity index (χ4v) is 2.84. The van der Waals surface area contributed by atoms with Gasteiger partial charge in [-0.1, -0.05) is 18.2 Å². The molecule has 25 heavy (non-hydrogen) atoms. The van der Waals surface area contributed by atoms with E-state index >= 15 is 0 Å². The van der Waals surface area contributed by atoms with Gasteiger partial charge < -0.3 is 19.9 Å². The van der Waals surface area contributed by atoms with E-state index in [9.17, 15) is 13.6 Å². The molecule has 132 valence electrons. The number of carbonyl (C=O) groups excluding carboxylic acids is 1. The number of piperazine rings is 1. The molecule has 0 aromatic heterocycles. The molecule has 1 N–H and O–H groups in total. The molecule has 7 heteroatoms.